The minimum Gasteiger partial charge on any atom is -0.468 e. The fraction of sp³-hybridized carbons (Fsp3) is 0.909. The first-order valence-electron chi connectivity index (χ1n) is 5.35. The predicted molar refractivity (Wildman–Crippen MR) is 59.8 cm³/mol. The minimum absolute atomic E-state index is 0.236. The molecule has 0 aromatic heterocycles. The molecule has 0 bridgehead atoms. The Hall–Kier alpha value is -0.610. The molecular weight excluding hydrogens is 194 g/mol. The Morgan fingerprint density at radius 1 is 1.47 bits per heavy atom. The van der Waals surface area contributed by atoms with Crippen LogP contribution in [0.4, 0.5) is 0 Å². The van der Waals surface area contributed by atoms with Crippen molar-refractivity contribution in [1.82, 2.24) is 5.32 Å². The first-order chi connectivity index (χ1) is 7.00. The molecule has 2 atom stereocenters. The van der Waals surface area contributed by atoms with Crippen molar-refractivity contribution in [3.8, 4) is 0 Å². The summed E-state index contributed by atoms with van der Waals surface area (Å²) in [5, 5.41) is 3.27. The van der Waals surface area contributed by atoms with Crippen LogP contribution in [0.25, 0.3) is 0 Å². The average Bonchev–Trinajstić information content (AvgIpc) is 2.24. The van der Waals surface area contributed by atoms with Gasteiger partial charge in [-0.25, -0.2) is 0 Å². The van der Waals surface area contributed by atoms with Crippen LogP contribution in [0, 0.1) is 0 Å². The summed E-state index contributed by atoms with van der Waals surface area (Å²) in [6.45, 7) is 6.51. The van der Waals surface area contributed by atoms with Gasteiger partial charge in [0.25, 0.3) is 0 Å². The van der Waals surface area contributed by atoms with Gasteiger partial charge in [0, 0.05) is 19.8 Å². The van der Waals surface area contributed by atoms with E-state index in [-0.39, 0.29) is 12.0 Å². The molecule has 0 spiro atoms. The Kier molecular flexibility index (Phi) is 6.52. The van der Waals surface area contributed by atoms with E-state index in [1.165, 1.54) is 7.11 Å². The molecule has 0 aliphatic carbocycles. The molecule has 0 amide bonds. The standard InChI is InChI=1S/C11H23NO3/c1-6-9(2)12-11(3,7-8-14-4)10(13)15-5/h9,12H,6-8H2,1-5H3. The molecule has 0 aromatic rings. The van der Waals surface area contributed by atoms with Crippen molar-refractivity contribution in [2.75, 3.05) is 20.8 Å². The second-order valence-corrected chi connectivity index (χ2v) is 4.02. The summed E-state index contributed by atoms with van der Waals surface area (Å²) < 4.78 is 9.80. The van der Waals surface area contributed by atoms with Gasteiger partial charge < -0.3 is 9.47 Å². The van der Waals surface area contributed by atoms with Crippen LogP contribution >= 0.6 is 0 Å². The topological polar surface area (TPSA) is 47.6 Å². The number of carbonyl (C=O) groups is 1. The van der Waals surface area contributed by atoms with Crippen LogP contribution in [0.2, 0.25) is 0 Å². The Morgan fingerprint density at radius 3 is 2.47 bits per heavy atom. The maximum Gasteiger partial charge on any atom is 0.325 e. The molecule has 0 heterocycles. The summed E-state index contributed by atoms with van der Waals surface area (Å²) in [7, 11) is 3.03. The van der Waals surface area contributed by atoms with Crippen molar-refractivity contribution in [2.24, 2.45) is 0 Å². The summed E-state index contributed by atoms with van der Waals surface area (Å²) in [4.78, 5) is 11.7. The van der Waals surface area contributed by atoms with E-state index in [2.05, 4.69) is 12.2 Å². The van der Waals surface area contributed by atoms with Crippen LogP contribution in [0.3, 0.4) is 0 Å². The predicted octanol–water partition coefficient (Wildman–Crippen LogP) is 1.34. The number of carbonyl (C=O) groups excluding carboxylic acids is 1. The summed E-state index contributed by atoms with van der Waals surface area (Å²) in [5.41, 5.74) is -0.653. The van der Waals surface area contributed by atoms with Crippen molar-refractivity contribution in [2.45, 2.75) is 45.2 Å². The van der Waals surface area contributed by atoms with E-state index in [0.717, 1.165) is 6.42 Å². The highest BCUT2D eigenvalue weighted by Gasteiger charge is 2.34. The Bertz CT molecular complexity index is 196. The molecule has 0 saturated heterocycles. The molecular formula is C11H23NO3. The SMILES string of the molecule is CCC(C)NC(C)(CCOC)C(=O)OC. The zero-order chi connectivity index (χ0) is 11.9. The lowest BCUT2D eigenvalue weighted by molar-refractivity contribution is -0.149. The minimum atomic E-state index is -0.653. The van der Waals surface area contributed by atoms with Crippen molar-refractivity contribution in [1.29, 1.82) is 0 Å². The average molecular weight is 217 g/mol. The van der Waals surface area contributed by atoms with Crippen molar-refractivity contribution < 1.29 is 14.3 Å². The third-order valence-electron chi connectivity index (χ3n) is 2.62. The van der Waals surface area contributed by atoms with Crippen molar-refractivity contribution in [3.63, 3.8) is 0 Å². The molecule has 90 valence electrons. The zero-order valence-corrected chi connectivity index (χ0v) is 10.4. The second-order valence-electron chi connectivity index (χ2n) is 4.02. The van der Waals surface area contributed by atoms with Gasteiger partial charge in [0.15, 0.2) is 0 Å². The van der Waals surface area contributed by atoms with Crippen LogP contribution in [-0.2, 0) is 14.3 Å². The van der Waals surface area contributed by atoms with Crippen LogP contribution in [-0.4, -0.2) is 38.4 Å². The van der Waals surface area contributed by atoms with Crippen molar-refractivity contribution >= 4 is 5.97 Å². The fourth-order valence-corrected chi connectivity index (χ4v) is 1.41. The summed E-state index contributed by atoms with van der Waals surface area (Å²) in [6, 6.07) is 0.283. The zero-order valence-electron chi connectivity index (χ0n) is 10.4. The van der Waals surface area contributed by atoms with Gasteiger partial charge in [0.1, 0.15) is 5.54 Å². The number of hydrogen-bond donors (Lipinski definition) is 1. The highest BCUT2D eigenvalue weighted by molar-refractivity contribution is 5.80. The molecule has 2 unspecified atom stereocenters. The van der Waals surface area contributed by atoms with Crippen LogP contribution < -0.4 is 5.32 Å². The van der Waals surface area contributed by atoms with E-state index in [9.17, 15) is 4.79 Å². The third-order valence-corrected chi connectivity index (χ3v) is 2.62. The lowest BCUT2D eigenvalue weighted by Crippen LogP contribution is -2.54. The lowest BCUT2D eigenvalue weighted by Gasteiger charge is -2.30. The maximum atomic E-state index is 11.7. The molecule has 0 aromatic carbocycles. The third kappa shape index (κ3) is 4.62. The molecule has 0 aliphatic rings. The van der Waals surface area contributed by atoms with Gasteiger partial charge in [-0.3, -0.25) is 10.1 Å². The lowest BCUT2D eigenvalue weighted by atomic mass is 9.96. The molecule has 0 radical (unpaired) electrons. The van der Waals surface area contributed by atoms with Gasteiger partial charge in [-0.2, -0.15) is 0 Å². The van der Waals surface area contributed by atoms with E-state index in [1.807, 2.05) is 13.8 Å². The molecule has 15 heavy (non-hydrogen) atoms. The summed E-state index contributed by atoms with van der Waals surface area (Å²) in [6.07, 6.45) is 1.58. The monoisotopic (exact) mass is 217 g/mol. The molecule has 4 heteroatoms. The van der Waals surface area contributed by atoms with Gasteiger partial charge in [-0.1, -0.05) is 6.92 Å². The van der Waals surface area contributed by atoms with Crippen molar-refractivity contribution in [3.05, 3.63) is 0 Å². The second kappa shape index (κ2) is 6.80. The van der Waals surface area contributed by atoms with E-state index >= 15 is 0 Å². The molecule has 0 rings (SSSR count). The highest BCUT2D eigenvalue weighted by Crippen LogP contribution is 2.14. The maximum absolute atomic E-state index is 11.7. The van der Waals surface area contributed by atoms with Gasteiger partial charge in [-0.05, 0) is 26.7 Å². The molecule has 4 nitrogen and oxygen atoms in total. The summed E-state index contributed by atoms with van der Waals surface area (Å²) in [5.74, 6) is -0.236. The number of hydrogen-bond acceptors (Lipinski definition) is 4. The Balaban J connectivity index is 4.46. The molecule has 0 saturated carbocycles. The van der Waals surface area contributed by atoms with Crippen LogP contribution in [0.5, 0.6) is 0 Å². The quantitative estimate of drug-likeness (QED) is 0.654. The normalized spacial score (nSPS) is 16.9. The van der Waals surface area contributed by atoms with Gasteiger partial charge in [0.2, 0.25) is 0 Å². The van der Waals surface area contributed by atoms with E-state index < -0.39 is 5.54 Å². The fourth-order valence-electron chi connectivity index (χ4n) is 1.41. The van der Waals surface area contributed by atoms with Crippen LogP contribution in [0.1, 0.15) is 33.6 Å². The number of esters is 1. The Morgan fingerprint density at radius 2 is 2.07 bits per heavy atom. The van der Waals surface area contributed by atoms with Gasteiger partial charge in [0.05, 0.1) is 7.11 Å². The first kappa shape index (κ1) is 14.4. The number of ether oxygens (including phenoxy) is 2. The molecule has 1 N–H and O–H groups in total. The molecule has 0 aliphatic heterocycles. The number of nitrogens with one attached hydrogen (secondary N) is 1. The smallest absolute Gasteiger partial charge is 0.325 e. The first-order valence-corrected chi connectivity index (χ1v) is 5.35. The Labute approximate surface area is 92.3 Å². The van der Waals surface area contributed by atoms with Crippen LogP contribution in [0.15, 0.2) is 0 Å². The van der Waals surface area contributed by atoms with Gasteiger partial charge in [-0.15, -0.1) is 0 Å². The highest BCUT2D eigenvalue weighted by atomic mass is 16.5. The molecule has 0 fully saturated rings. The number of methoxy groups -OCH3 is 2. The van der Waals surface area contributed by atoms with E-state index in [4.69, 9.17) is 9.47 Å². The van der Waals surface area contributed by atoms with Gasteiger partial charge >= 0.3 is 5.97 Å². The van der Waals surface area contributed by atoms with E-state index in [1.54, 1.807) is 7.11 Å². The van der Waals surface area contributed by atoms with E-state index in [0.29, 0.717) is 13.0 Å². The largest absolute Gasteiger partial charge is 0.468 e. The number of rotatable bonds is 7. The summed E-state index contributed by atoms with van der Waals surface area (Å²) >= 11 is 0.